The number of aryl methyl sites for hydroxylation is 1. The standard InChI is InChI=1S/C11H18N4O/c1-2-4-15-5-3-12-10(15)8-13-9-6-11(16)14-7-9/h3,5,9,13H,2,4,6-8H2,1H3,(H,14,16). The highest BCUT2D eigenvalue weighted by Gasteiger charge is 2.20. The maximum absolute atomic E-state index is 11.0. The van der Waals surface area contributed by atoms with E-state index in [1.54, 1.807) is 0 Å². The predicted molar refractivity (Wildman–Crippen MR) is 60.8 cm³/mol. The van der Waals surface area contributed by atoms with Crippen LogP contribution in [0.15, 0.2) is 12.4 Å². The van der Waals surface area contributed by atoms with Gasteiger partial charge < -0.3 is 15.2 Å². The van der Waals surface area contributed by atoms with E-state index < -0.39 is 0 Å². The molecule has 2 N–H and O–H groups in total. The van der Waals surface area contributed by atoms with Crippen LogP contribution in [0.3, 0.4) is 0 Å². The second-order valence-corrected chi connectivity index (χ2v) is 4.12. The molecule has 2 rings (SSSR count). The molecular formula is C11H18N4O. The Bertz CT molecular complexity index is 361. The first-order valence-electron chi connectivity index (χ1n) is 5.79. The lowest BCUT2D eigenvalue weighted by Gasteiger charge is -2.11. The number of amides is 1. The monoisotopic (exact) mass is 222 g/mol. The molecule has 1 unspecified atom stereocenters. The first-order chi connectivity index (χ1) is 7.79. The average molecular weight is 222 g/mol. The first kappa shape index (κ1) is 11.1. The van der Waals surface area contributed by atoms with Gasteiger partial charge in [-0.2, -0.15) is 0 Å². The van der Waals surface area contributed by atoms with Crippen LogP contribution in [0.5, 0.6) is 0 Å². The molecule has 88 valence electrons. The van der Waals surface area contributed by atoms with Gasteiger partial charge in [-0.15, -0.1) is 0 Å². The maximum atomic E-state index is 11.0. The Hall–Kier alpha value is -1.36. The van der Waals surface area contributed by atoms with Crippen molar-refractivity contribution in [3.8, 4) is 0 Å². The van der Waals surface area contributed by atoms with Crippen LogP contribution in [0, 0.1) is 0 Å². The van der Waals surface area contributed by atoms with Crippen molar-refractivity contribution >= 4 is 5.91 Å². The molecule has 2 heterocycles. The number of carbonyl (C=O) groups is 1. The van der Waals surface area contributed by atoms with Crippen LogP contribution < -0.4 is 10.6 Å². The molecule has 1 aromatic heterocycles. The minimum atomic E-state index is 0.134. The van der Waals surface area contributed by atoms with Crippen LogP contribution in [-0.4, -0.2) is 28.0 Å². The molecule has 0 spiro atoms. The van der Waals surface area contributed by atoms with Crippen molar-refractivity contribution in [1.29, 1.82) is 0 Å². The van der Waals surface area contributed by atoms with Crippen molar-refractivity contribution in [1.82, 2.24) is 20.2 Å². The van der Waals surface area contributed by atoms with E-state index in [9.17, 15) is 4.79 Å². The van der Waals surface area contributed by atoms with Crippen LogP contribution in [-0.2, 0) is 17.9 Å². The number of nitrogens with zero attached hydrogens (tertiary/aromatic N) is 2. The highest BCUT2D eigenvalue weighted by Crippen LogP contribution is 2.03. The minimum absolute atomic E-state index is 0.134. The quantitative estimate of drug-likeness (QED) is 0.752. The highest BCUT2D eigenvalue weighted by molar-refractivity contribution is 5.78. The van der Waals surface area contributed by atoms with E-state index in [0.717, 1.165) is 31.9 Å². The van der Waals surface area contributed by atoms with E-state index in [1.165, 1.54) is 0 Å². The summed E-state index contributed by atoms with van der Waals surface area (Å²) in [5.74, 6) is 1.18. The van der Waals surface area contributed by atoms with Gasteiger partial charge in [0.2, 0.25) is 5.91 Å². The van der Waals surface area contributed by atoms with Gasteiger partial charge in [0.25, 0.3) is 0 Å². The van der Waals surface area contributed by atoms with Gasteiger partial charge in [-0.25, -0.2) is 4.98 Å². The van der Waals surface area contributed by atoms with E-state index >= 15 is 0 Å². The van der Waals surface area contributed by atoms with Gasteiger partial charge in [0.15, 0.2) is 0 Å². The smallest absolute Gasteiger partial charge is 0.221 e. The number of nitrogens with one attached hydrogen (secondary N) is 2. The lowest BCUT2D eigenvalue weighted by atomic mass is 10.2. The zero-order valence-corrected chi connectivity index (χ0v) is 9.57. The van der Waals surface area contributed by atoms with Crippen LogP contribution in [0.1, 0.15) is 25.6 Å². The van der Waals surface area contributed by atoms with Crippen LogP contribution >= 0.6 is 0 Å². The largest absolute Gasteiger partial charge is 0.354 e. The van der Waals surface area contributed by atoms with Crippen molar-refractivity contribution in [2.75, 3.05) is 6.54 Å². The molecule has 0 aromatic carbocycles. The molecule has 1 amide bonds. The molecule has 0 aliphatic carbocycles. The van der Waals surface area contributed by atoms with Crippen molar-refractivity contribution in [2.24, 2.45) is 0 Å². The van der Waals surface area contributed by atoms with Crippen molar-refractivity contribution < 1.29 is 4.79 Å². The second kappa shape index (κ2) is 5.12. The summed E-state index contributed by atoms with van der Waals surface area (Å²) >= 11 is 0. The SMILES string of the molecule is CCCn1ccnc1CNC1CNC(=O)C1. The summed E-state index contributed by atoms with van der Waals surface area (Å²) in [4.78, 5) is 15.3. The van der Waals surface area contributed by atoms with Gasteiger partial charge in [-0.3, -0.25) is 4.79 Å². The fourth-order valence-corrected chi connectivity index (χ4v) is 1.94. The second-order valence-electron chi connectivity index (χ2n) is 4.12. The van der Waals surface area contributed by atoms with Crippen molar-refractivity contribution in [3.05, 3.63) is 18.2 Å². The van der Waals surface area contributed by atoms with Gasteiger partial charge in [-0.1, -0.05) is 6.92 Å². The highest BCUT2D eigenvalue weighted by atomic mass is 16.1. The summed E-state index contributed by atoms with van der Waals surface area (Å²) < 4.78 is 2.15. The predicted octanol–water partition coefficient (Wildman–Crippen LogP) is 0.271. The summed E-state index contributed by atoms with van der Waals surface area (Å²) in [6.45, 7) is 4.61. The molecule has 1 saturated heterocycles. The maximum Gasteiger partial charge on any atom is 0.221 e. The van der Waals surface area contributed by atoms with Gasteiger partial charge in [-0.05, 0) is 6.42 Å². The molecule has 1 aromatic rings. The third-order valence-corrected chi connectivity index (χ3v) is 2.79. The van der Waals surface area contributed by atoms with Crippen LogP contribution in [0.4, 0.5) is 0 Å². The van der Waals surface area contributed by atoms with E-state index in [4.69, 9.17) is 0 Å². The van der Waals surface area contributed by atoms with Gasteiger partial charge in [0.1, 0.15) is 5.82 Å². The van der Waals surface area contributed by atoms with Crippen molar-refractivity contribution in [3.63, 3.8) is 0 Å². The molecule has 0 radical (unpaired) electrons. The number of imidazole rings is 1. The number of hydrogen-bond donors (Lipinski definition) is 2. The molecular weight excluding hydrogens is 204 g/mol. The topological polar surface area (TPSA) is 59.0 Å². The molecule has 0 saturated carbocycles. The number of aromatic nitrogens is 2. The van der Waals surface area contributed by atoms with E-state index in [1.807, 2.05) is 12.4 Å². The lowest BCUT2D eigenvalue weighted by Crippen LogP contribution is -2.31. The number of rotatable bonds is 5. The summed E-state index contributed by atoms with van der Waals surface area (Å²) in [6, 6.07) is 0.249. The molecule has 1 fully saturated rings. The lowest BCUT2D eigenvalue weighted by molar-refractivity contribution is -0.119. The Morgan fingerprint density at radius 3 is 3.25 bits per heavy atom. The molecule has 16 heavy (non-hydrogen) atoms. The molecule has 5 nitrogen and oxygen atoms in total. The molecule has 1 aliphatic heterocycles. The summed E-state index contributed by atoms with van der Waals surface area (Å²) in [7, 11) is 0. The third kappa shape index (κ3) is 2.61. The Balaban J connectivity index is 1.84. The first-order valence-corrected chi connectivity index (χ1v) is 5.79. The van der Waals surface area contributed by atoms with Crippen molar-refractivity contribution in [2.45, 2.75) is 38.9 Å². The Labute approximate surface area is 95.2 Å². The Morgan fingerprint density at radius 1 is 1.69 bits per heavy atom. The van der Waals surface area contributed by atoms with Crippen LogP contribution in [0.25, 0.3) is 0 Å². The van der Waals surface area contributed by atoms with E-state index in [2.05, 4.69) is 27.1 Å². The molecule has 5 heteroatoms. The van der Waals surface area contributed by atoms with Gasteiger partial charge >= 0.3 is 0 Å². The molecule has 1 atom stereocenters. The fourth-order valence-electron chi connectivity index (χ4n) is 1.94. The number of hydrogen-bond acceptors (Lipinski definition) is 3. The van der Waals surface area contributed by atoms with Crippen LogP contribution in [0.2, 0.25) is 0 Å². The van der Waals surface area contributed by atoms with Gasteiger partial charge in [0, 0.05) is 37.9 Å². The number of carbonyl (C=O) groups excluding carboxylic acids is 1. The summed E-state index contributed by atoms with van der Waals surface area (Å²) in [6.07, 6.45) is 5.50. The Morgan fingerprint density at radius 2 is 2.56 bits per heavy atom. The van der Waals surface area contributed by atoms with Gasteiger partial charge in [0.05, 0.1) is 6.54 Å². The summed E-state index contributed by atoms with van der Waals surface area (Å²) in [5, 5.41) is 6.16. The third-order valence-electron chi connectivity index (χ3n) is 2.79. The summed E-state index contributed by atoms with van der Waals surface area (Å²) in [5.41, 5.74) is 0. The molecule has 1 aliphatic rings. The van der Waals surface area contributed by atoms with E-state index in [-0.39, 0.29) is 11.9 Å². The minimum Gasteiger partial charge on any atom is -0.354 e. The fraction of sp³-hybridized carbons (Fsp3) is 0.636. The zero-order chi connectivity index (χ0) is 11.4. The Kier molecular flexibility index (Phi) is 3.56. The van der Waals surface area contributed by atoms with E-state index in [0.29, 0.717) is 6.42 Å². The average Bonchev–Trinajstić information content (AvgIpc) is 2.85. The zero-order valence-electron chi connectivity index (χ0n) is 9.57. The molecule has 0 bridgehead atoms. The normalized spacial score (nSPS) is 20.1.